The van der Waals surface area contributed by atoms with Crippen molar-refractivity contribution in [3.63, 3.8) is 0 Å². The van der Waals surface area contributed by atoms with Crippen molar-refractivity contribution in [1.82, 2.24) is 5.32 Å². The number of amides is 1. The van der Waals surface area contributed by atoms with Gasteiger partial charge in [0.25, 0.3) is 5.91 Å². The van der Waals surface area contributed by atoms with Gasteiger partial charge in [0.2, 0.25) is 0 Å². The van der Waals surface area contributed by atoms with Gasteiger partial charge in [0.05, 0.1) is 0 Å². The fourth-order valence-corrected chi connectivity index (χ4v) is 2.79. The summed E-state index contributed by atoms with van der Waals surface area (Å²) in [7, 11) is 0. The first-order chi connectivity index (χ1) is 11.9. The number of nitrogens with one attached hydrogen (secondary N) is 1. The van der Waals surface area contributed by atoms with E-state index in [1.165, 1.54) is 11.1 Å². The van der Waals surface area contributed by atoms with Gasteiger partial charge in [-0.3, -0.25) is 4.79 Å². The first-order valence-corrected chi connectivity index (χ1v) is 9.01. The first kappa shape index (κ1) is 19.3. The van der Waals surface area contributed by atoms with Gasteiger partial charge in [-0.25, -0.2) is 0 Å². The van der Waals surface area contributed by atoms with E-state index in [4.69, 9.17) is 16.3 Å². The minimum atomic E-state index is -0.518. The molecule has 1 N–H and O–H groups in total. The molecule has 0 saturated heterocycles. The number of carbonyl (C=O) groups is 1. The largest absolute Gasteiger partial charge is 0.481 e. The third-order valence-electron chi connectivity index (χ3n) is 4.29. The molecule has 0 bridgehead atoms. The molecule has 0 aliphatic heterocycles. The molecule has 0 spiro atoms. The molecule has 3 nitrogen and oxygen atoms in total. The Morgan fingerprint density at radius 3 is 2.52 bits per heavy atom. The number of hydrogen-bond donors (Lipinski definition) is 1. The topological polar surface area (TPSA) is 38.3 Å². The minimum Gasteiger partial charge on any atom is -0.481 e. The number of ether oxygens (including phenoxy) is 1. The van der Waals surface area contributed by atoms with Crippen LogP contribution in [-0.4, -0.2) is 18.6 Å². The second-order valence-corrected chi connectivity index (χ2v) is 6.92. The summed E-state index contributed by atoms with van der Waals surface area (Å²) in [6, 6.07) is 11.9. The minimum absolute atomic E-state index is 0.0883. The third kappa shape index (κ3) is 5.79. The van der Waals surface area contributed by atoms with E-state index < -0.39 is 6.10 Å². The van der Waals surface area contributed by atoms with Crippen molar-refractivity contribution in [3.8, 4) is 5.75 Å². The van der Waals surface area contributed by atoms with Crippen LogP contribution < -0.4 is 10.1 Å². The van der Waals surface area contributed by atoms with Crippen molar-refractivity contribution in [2.45, 2.75) is 46.6 Å². The lowest BCUT2D eigenvalue weighted by molar-refractivity contribution is -0.127. The first-order valence-electron chi connectivity index (χ1n) is 8.63. The molecule has 0 saturated carbocycles. The van der Waals surface area contributed by atoms with Gasteiger partial charge in [-0.1, -0.05) is 29.8 Å². The number of halogens is 1. The molecule has 0 heterocycles. The van der Waals surface area contributed by atoms with Gasteiger partial charge in [-0.05, 0) is 81.0 Å². The monoisotopic (exact) mass is 359 g/mol. The molecule has 1 atom stereocenters. The molecule has 25 heavy (non-hydrogen) atoms. The molecule has 0 aliphatic carbocycles. The molecule has 0 radical (unpaired) electrons. The Hall–Kier alpha value is -2.00. The second kappa shape index (κ2) is 8.91. The van der Waals surface area contributed by atoms with Crippen LogP contribution in [0.1, 0.15) is 35.6 Å². The van der Waals surface area contributed by atoms with Crippen LogP contribution >= 0.6 is 11.6 Å². The molecule has 1 unspecified atom stereocenters. The van der Waals surface area contributed by atoms with E-state index >= 15 is 0 Å². The molecule has 0 aromatic heterocycles. The zero-order valence-corrected chi connectivity index (χ0v) is 16.1. The average molecular weight is 360 g/mol. The second-order valence-electron chi connectivity index (χ2n) is 6.49. The van der Waals surface area contributed by atoms with E-state index in [1.807, 2.05) is 44.2 Å². The van der Waals surface area contributed by atoms with Gasteiger partial charge in [0, 0.05) is 11.6 Å². The predicted molar refractivity (Wildman–Crippen MR) is 104 cm³/mol. The molecule has 4 heteroatoms. The molecule has 0 fully saturated rings. The fraction of sp³-hybridized carbons (Fsp3) is 0.381. The highest BCUT2D eigenvalue weighted by Gasteiger charge is 2.16. The lowest BCUT2D eigenvalue weighted by Gasteiger charge is -2.18. The lowest BCUT2D eigenvalue weighted by atomic mass is 10.1. The summed E-state index contributed by atoms with van der Waals surface area (Å²) in [5.41, 5.74) is 4.60. The van der Waals surface area contributed by atoms with Crippen LogP contribution in [0.3, 0.4) is 0 Å². The van der Waals surface area contributed by atoms with E-state index in [0.29, 0.717) is 6.54 Å². The number of aryl methyl sites for hydroxylation is 3. The van der Waals surface area contributed by atoms with E-state index in [2.05, 4.69) is 18.3 Å². The number of benzene rings is 2. The Morgan fingerprint density at radius 1 is 1.16 bits per heavy atom. The van der Waals surface area contributed by atoms with Gasteiger partial charge in [0.15, 0.2) is 6.10 Å². The van der Waals surface area contributed by atoms with E-state index in [1.54, 1.807) is 6.92 Å². The van der Waals surface area contributed by atoms with Gasteiger partial charge in [-0.2, -0.15) is 0 Å². The molecule has 134 valence electrons. The van der Waals surface area contributed by atoms with E-state index in [-0.39, 0.29) is 5.91 Å². The maximum atomic E-state index is 12.2. The zero-order chi connectivity index (χ0) is 18.4. The van der Waals surface area contributed by atoms with Crippen molar-refractivity contribution in [2.24, 2.45) is 0 Å². The molecular weight excluding hydrogens is 334 g/mol. The molecule has 1 amide bonds. The molecule has 0 aliphatic rings. The summed E-state index contributed by atoms with van der Waals surface area (Å²) in [5.74, 6) is 0.691. The summed E-state index contributed by atoms with van der Waals surface area (Å²) in [6.45, 7) is 8.50. The zero-order valence-electron chi connectivity index (χ0n) is 15.4. The summed E-state index contributed by atoms with van der Waals surface area (Å²) < 4.78 is 5.87. The molecule has 2 aromatic carbocycles. The standard InChI is InChI=1S/C21H26ClNO2/c1-14-12-15(2)16(3)20(13-14)25-17(4)21(24)23-11-5-6-18-7-9-19(22)10-8-18/h7-10,12-13,17H,5-6,11H2,1-4H3,(H,23,24). The molecule has 2 rings (SSSR count). The quantitative estimate of drug-likeness (QED) is 0.722. The predicted octanol–water partition coefficient (Wildman–Crippen LogP) is 4.78. The SMILES string of the molecule is Cc1cc(C)c(C)c(OC(C)C(=O)NCCCc2ccc(Cl)cc2)c1. The number of rotatable bonds is 7. The highest BCUT2D eigenvalue weighted by atomic mass is 35.5. The van der Waals surface area contributed by atoms with Gasteiger partial charge in [0.1, 0.15) is 5.75 Å². The normalized spacial score (nSPS) is 11.9. The Kier molecular flexibility index (Phi) is 6.89. The lowest BCUT2D eigenvalue weighted by Crippen LogP contribution is -2.37. The van der Waals surface area contributed by atoms with Crippen LogP contribution in [0.15, 0.2) is 36.4 Å². The highest BCUT2D eigenvalue weighted by Crippen LogP contribution is 2.24. The number of carbonyl (C=O) groups excluding carboxylic acids is 1. The van der Waals surface area contributed by atoms with Crippen molar-refractivity contribution < 1.29 is 9.53 Å². The maximum absolute atomic E-state index is 12.2. The molecule has 2 aromatic rings. The Morgan fingerprint density at radius 2 is 1.84 bits per heavy atom. The Bertz CT molecular complexity index is 725. The number of hydrogen-bond acceptors (Lipinski definition) is 2. The van der Waals surface area contributed by atoms with Crippen molar-refractivity contribution in [1.29, 1.82) is 0 Å². The van der Waals surface area contributed by atoms with Crippen LogP contribution in [0.25, 0.3) is 0 Å². The maximum Gasteiger partial charge on any atom is 0.260 e. The average Bonchev–Trinajstić information content (AvgIpc) is 2.57. The third-order valence-corrected chi connectivity index (χ3v) is 4.54. The van der Waals surface area contributed by atoms with Crippen LogP contribution in [0.4, 0.5) is 0 Å². The van der Waals surface area contributed by atoms with Crippen LogP contribution in [0, 0.1) is 20.8 Å². The van der Waals surface area contributed by atoms with Crippen LogP contribution in [-0.2, 0) is 11.2 Å². The van der Waals surface area contributed by atoms with E-state index in [9.17, 15) is 4.79 Å². The van der Waals surface area contributed by atoms with Gasteiger partial charge in [-0.15, -0.1) is 0 Å². The fourth-order valence-electron chi connectivity index (χ4n) is 2.67. The summed E-state index contributed by atoms with van der Waals surface area (Å²) in [5, 5.41) is 3.68. The summed E-state index contributed by atoms with van der Waals surface area (Å²) >= 11 is 5.88. The van der Waals surface area contributed by atoms with Crippen molar-refractivity contribution >= 4 is 17.5 Å². The van der Waals surface area contributed by atoms with Gasteiger partial charge < -0.3 is 10.1 Å². The van der Waals surface area contributed by atoms with E-state index in [0.717, 1.165) is 34.7 Å². The summed E-state index contributed by atoms with van der Waals surface area (Å²) in [4.78, 5) is 12.2. The van der Waals surface area contributed by atoms with Crippen molar-refractivity contribution in [2.75, 3.05) is 6.54 Å². The highest BCUT2D eigenvalue weighted by molar-refractivity contribution is 6.30. The Balaban J connectivity index is 1.79. The van der Waals surface area contributed by atoms with Crippen LogP contribution in [0.2, 0.25) is 5.02 Å². The Labute approximate surface area is 155 Å². The van der Waals surface area contributed by atoms with Crippen LogP contribution in [0.5, 0.6) is 5.75 Å². The summed E-state index contributed by atoms with van der Waals surface area (Å²) in [6.07, 6.45) is 1.27. The van der Waals surface area contributed by atoms with Crippen molar-refractivity contribution in [3.05, 3.63) is 63.7 Å². The van der Waals surface area contributed by atoms with Gasteiger partial charge >= 0.3 is 0 Å². The molecular formula is C21H26ClNO2. The smallest absolute Gasteiger partial charge is 0.260 e.